The first-order valence-electron chi connectivity index (χ1n) is 14.1. The number of hydrogen-bond donors (Lipinski definition) is 3. The van der Waals surface area contributed by atoms with Gasteiger partial charge in [0, 0.05) is 37.0 Å². The average Bonchev–Trinajstić information content (AvgIpc) is 3.77. The number of sulfonamides is 1. The Balaban J connectivity index is 1.57. The van der Waals surface area contributed by atoms with Gasteiger partial charge in [-0.2, -0.15) is 0 Å². The van der Waals surface area contributed by atoms with Gasteiger partial charge < -0.3 is 25.1 Å². The van der Waals surface area contributed by atoms with E-state index in [9.17, 15) is 32.0 Å². The summed E-state index contributed by atoms with van der Waals surface area (Å²) >= 11 is 0. The Morgan fingerprint density at radius 3 is 2.36 bits per heavy atom. The number of unbranched alkanes of at least 4 members (excludes halogenated alkanes) is 1. The van der Waals surface area contributed by atoms with E-state index in [0.29, 0.717) is 35.9 Å². The molecule has 12 nitrogen and oxygen atoms in total. The van der Waals surface area contributed by atoms with Gasteiger partial charge in [0.1, 0.15) is 23.7 Å². The molecule has 4 rings (SSSR count). The average molecular weight is 631 g/mol. The molecule has 2 aromatic carbocycles. The number of fused-ring (bicyclic) bond motifs is 1. The molecule has 3 aromatic rings. The first-order valence-corrected chi connectivity index (χ1v) is 15.9. The normalized spacial score (nSPS) is 12.9. The number of carbonyl (C=O) groups excluding carboxylic acids is 4. The van der Waals surface area contributed by atoms with E-state index in [2.05, 4.69) is 20.7 Å². The molecule has 1 aromatic heterocycles. The van der Waals surface area contributed by atoms with Crippen molar-refractivity contribution >= 4 is 50.4 Å². The van der Waals surface area contributed by atoms with Gasteiger partial charge in [-0.15, -0.1) is 0 Å². The van der Waals surface area contributed by atoms with Crippen molar-refractivity contribution in [2.24, 2.45) is 0 Å². The van der Waals surface area contributed by atoms with Crippen molar-refractivity contribution in [3.05, 3.63) is 53.3 Å². The van der Waals surface area contributed by atoms with Gasteiger partial charge in [-0.1, -0.05) is 0 Å². The van der Waals surface area contributed by atoms with Crippen LogP contribution < -0.4 is 20.3 Å². The molecule has 44 heavy (non-hydrogen) atoms. The molecule has 1 fully saturated rings. The van der Waals surface area contributed by atoms with Crippen LogP contribution in [0.2, 0.25) is 0 Å². The first-order chi connectivity index (χ1) is 20.9. The topological polar surface area (TPSA) is 164 Å². The molecule has 1 aliphatic rings. The standard InChI is InChI=1S/C30H35FN4O8S/c1-32-30(39)28-22-14-21(18-7-8-18)23(15-24(22)43-29(28)19-9-11-20(31)12-10-19)35(44(3,40)41)17-26(37)34-16-25(36)33-13-5-4-6-27(38)42-2/h9-12,14-15,18H,4-8,13,16-17H2,1-3H3,(H,32,39)(H,33,36)(H,34,37). The Bertz CT molecular complexity index is 1670. The monoisotopic (exact) mass is 630 g/mol. The van der Waals surface area contributed by atoms with Crippen LogP contribution in [0.25, 0.3) is 22.3 Å². The number of hydrogen-bond acceptors (Lipinski definition) is 8. The van der Waals surface area contributed by atoms with Crippen LogP contribution >= 0.6 is 0 Å². The highest BCUT2D eigenvalue weighted by atomic mass is 32.2. The maximum Gasteiger partial charge on any atom is 0.305 e. The third-order valence-electron chi connectivity index (χ3n) is 7.17. The predicted molar refractivity (Wildman–Crippen MR) is 161 cm³/mol. The second-order valence-electron chi connectivity index (χ2n) is 10.5. The lowest BCUT2D eigenvalue weighted by Crippen LogP contribution is -2.44. The summed E-state index contributed by atoms with van der Waals surface area (Å²) in [7, 11) is -1.21. The number of halogens is 1. The highest BCUT2D eigenvalue weighted by Gasteiger charge is 2.34. The second-order valence-corrected chi connectivity index (χ2v) is 12.4. The fourth-order valence-corrected chi connectivity index (χ4v) is 5.64. The minimum Gasteiger partial charge on any atom is -0.469 e. The predicted octanol–water partition coefficient (Wildman–Crippen LogP) is 2.82. The lowest BCUT2D eigenvalue weighted by atomic mass is 10.0. The largest absolute Gasteiger partial charge is 0.469 e. The third-order valence-corrected chi connectivity index (χ3v) is 8.30. The Hall–Kier alpha value is -4.46. The van der Waals surface area contributed by atoms with E-state index in [-0.39, 0.29) is 47.4 Å². The van der Waals surface area contributed by atoms with E-state index in [4.69, 9.17) is 4.42 Å². The molecule has 0 radical (unpaired) electrons. The van der Waals surface area contributed by atoms with Crippen LogP contribution in [0.3, 0.4) is 0 Å². The summed E-state index contributed by atoms with van der Waals surface area (Å²) in [6.45, 7) is -0.659. The number of nitrogens with one attached hydrogen (secondary N) is 3. The molecule has 14 heteroatoms. The quantitative estimate of drug-likeness (QED) is 0.181. The number of carbonyl (C=O) groups is 4. The van der Waals surface area contributed by atoms with Crippen LogP contribution in [0.5, 0.6) is 0 Å². The maximum absolute atomic E-state index is 13.6. The zero-order valence-corrected chi connectivity index (χ0v) is 25.5. The lowest BCUT2D eigenvalue weighted by Gasteiger charge is -2.24. The fourth-order valence-electron chi connectivity index (χ4n) is 4.77. The fraction of sp³-hybridized carbons (Fsp3) is 0.400. The van der Waals surface area contributed by atoms with Crippen molar-refractivity contribution in [1.82, 2.24) is 16.0 Å². The van der Waals surface area contributed by atoms with E-state index < -0.39 is 40.1 Å². The molecule has 1 aliphatic carbocycles. The van der Waals surface area contributed by atoms with E-state index in [1.165, 1.54) is 44.5 Å². The molecule has 236 valence electrons. The number of amides is 3. The van der Waals surface area contributed by atoms with Crippen LogP contribution in [0.1, 0.15) is 53.9 Å². The summed E-state index contributed by atoms with van der Waals surface area (Å²) in [6.07, 6.45) is 3.87. The number of ether oxygens (including phenoxy) is 1. The van der Waals surface area contributed by atoms with Gasteiger partial charge in [0.15, 0.2) is 0 Å². The van der Waals surface area contributed by atoms with Crippen LogP contribution in [0, 0.1) is 5.82 Å². The van der Waals surface area contributed by atoms with Gasteiger partial charge in [0.25, 0.3) is 5.91 Å². The van der Waals surface area contributed by atoms with Crippen molar-refractivity contribution in [2.75, 3.05) is 44.4 Å². The van der Waals surface area contributed by atoms with Gasteiger partial charge in [0.2, 0.25) is 21.8 Å². The van der Waals surface area contributed by atoms with Gasteiger partial charge in [0.05, 0.1) is 31.2 Å². The summed E-state index contributed by atoms with van der Waals surface area (Å²) in [4.78, 5) is 49.2. The van der Waals surface area contributed by atoms with Gasteiger partial charge in [-0.25, -0.2) is 12.8 Å². The van der Waals surface area contributed by atoms with Gasteiger partial charge >= 0.3 is 5.97 Å². The van der Waals surface area contributed by atoms with Crippen molar-refractivity contribution < 1.29 is 41.1 Å². The number of nitrogens with zero attached hydrogens (tertiary/aromatic N) is 1. The second kappa shape index (κ2) is 13.9. The molecular formula is C30H35FN4O8S. The van der Waals surface area contributed by atoms with E-state index >= 15 is 0 Å². The molecule has 1 saturated carbocycles. The van der Waals surface area contributed by atoms with E-state index in [1.807, 2.05) is 0 Å². The smallest absolute Gasteiger partial charge is 0.305 e. The van der Waals surface area contributed by atoms with Crippen LogP contribution in [0.15, 0.2) is 40.8 Å². The number of anilines is 1. The Kier molecular flexibility index (Phi) is 10.2. The maximum atomic E-state index is 13.6. The zero-order chi connectivity index (χ0) is 32.0. The minimum absolute atomic E-state index is 0.00776. The van der Waals surface area contributed by atoms with Gasteiger partial charge in [-0.05, 0) is 67.5 Å². The first kappa shape index (κ1) is 32.5. The van der Waals surface area contributed by atoms with Crippen LogP contribution in [0.4, 0.5) is 10.1 Å². The van der Waals surface area contributed by atoms with Crippen molar-refractivity contribution in [3.63, 3.8) is 0 Å². The number of rotatable bonds is 14. The summed E-state index contributed by atoms with van der Waals surface area (Å²) in [5.74, 6) is -2.19. The number of esters is 1. The molecule has 3 amide bonds. The molecule has 0 atom stereocenters. The molecule has 0 aliphatic heterocycles. The Labute approximate surface area is 254 Å². The molecule has 1 heterocycles. The van der Waals surface area contributed by atoms with Crippen molar-refractivity contribution in [1.29, 1.82) is 0 Å². The zero-order valence-electron chi connectivity index (χ0n) is 24.7. The summed E-state index contributed by atoms with van der Waals surface area (Å²) in [6, 6.07) is 8.66. The molecule has 0 bridgehead atoms. The summed E-state index contributed by atoms with van der Waals surface area (Å²) in [5, 5.41) is 8.13. The SMILES string of the molecule is CNC(=O)c1c(-c2ccc(F)cc2)oc2cc(N(CC(=O)NCC(=O)NCCCCC(=O)OC)S(C)(=O)=O)c(C3CC3)cc12. The van der Waals surface area contributed by atoms with Crippen LogP contribution in [-0.4, -0.2) is 72.2 Å². The summed E-state index contributed by atoms with van der Waals surface area (Å²) in [5.41, 5.74) is 1.76. The van der Waals surface area contributed by atoms with Crippen LogP contribution in [-0.2, 0) is 29.1 Å². The van der Waals surface area contributed by atoms with Crippen molar-refractivity contribution in [3.8, 4) is 11.3 Å². The molecule has 0 spiro atoms. The minimum atomic E-state index is -3.99. The van der Waals surface area contributed by atoms with Gasteiger partial charge in [-0.3, -0.25) is 23.5 Å². The molecule has 0 saturated heterocycles. The Morgan fingerprint density at radius 1 is 1.05 bits per heavy atom. The highest BCUT2D eigenvalue weighted by Crippen LogP contribution is 2.48. The number of benzene rings is 2. The van der Waals surface area contributed by atoms with E-state index in [0.717, 1.165) is 23.4 Å². The number of methoxy groups -OCH3 is 1. The molecule has 3 N–H and O–H groups in total. The third kappa shape index (κ3) is 7.92. The Morgan fingerprint density at radius 2 is 1.75 bits per heavy atom. The highest BCUT2D eigenvalue weighted by molar-refractivity contribution is 7.92. The van der Waals surface area contributed by atoms with E-state index in [1.54, 1.807) is 6.07 Å². The lowest BCUT2D eigenvalue weighted by molar-refractivity contribution is -0.140. The van der Waals surface area contributed by atoms with Crippen molar-refractivity contribution in [2.45, 2.75) is 38.0 Å². The summed E-state index contributed by atoms with van der Waals surface area (Å²) < 4.78 is 51.2. The molecule has 0 unspecified atom stereocenters. The molecular weight excluding hydrogens is 595 g/mol. The number of furan rings is 1.